The first kappa shape index (κ1) is 9.77. The summed E-state index contributed by atoms with van der Waals surface area (Å²) >= 11 is 0. The second-order valence-corrected chi connectivity index (χ2v) is 3.30. The predicted molar refractivity (Wildman–Crippen MR) is 47.1 cm³/mol. The van der Waals surface area contributed by atoms with Crippen LogP contribution in [0, 0.1) is 0 Å². The maximum Gasteiger partial charge on any atom is 0.422 e. The molecule has 0 bridgehead atoms. The maximum absolute atomic E-state index is 11.5. The number of imidazole rings is 1. The molecule has 4 heteroatoms. The lowest BCUT2D eigenvalue weighted by Crippen LogP contribution is -2.36. The van der Waals surface area contributed by atoms with Gasteiger partial charge in [0.05, 0.1) is 20.2 Å². The molecule has 0 saturated carbocycles. The van der Waals surface area contributed by atoms with Gasteiger partial charge in [-0.2, -0.15) is 0 Å². The molecule has 1 rings (SSSR count). The van der Waals surface area contributed by atoms with Crippen molar-refractivity contribution in [3.8, 4) is 0 Å². The molecule has 0 unspecified atom stereocenters. The summed E-state index contributed by atoms with van der Waals surface area (Å²) in [6.07, 6.45) is 3.55. The topological polar surface area (TPSA) is 35.1 Å². The van der Waals surface area contributed by atoms with Gasteiger partial charge in [0.25, 0.3) is 0 Å². The highest BCUT2D eigenvalue weighted by Crippen LogP contribution is 1.98. The molecule has 1 heterocycles. The van der Waals surface area contributed by atoms with E-state index in [4.69, 9.17) is 4.74 Å². The van der Waals surface area contributed by atoms with Gasteiger partial charge < -0.3 is 4.74 Å². The molecule has 1 aromatic rings. The highest BCUT2D eigenvalue weighted by Gasteiger charge is 2.23. The van der Waals surface area contributed by atoms with E-state index in [2.05, 4.69) is 0 Å². The van der Waals surface area contributed by atoms with Crippen molar-refractivity contribution in [1.82, 2.24) is 4.57 Å². The summed E-state index contributed by atoms with van der Waals surface area (Å²) in [6, 6.07) is 0. The summed E-state index contributed by atoms with van der Waals surface area (Å²) in [5, 5.41) is 0. The number of hydrogen-bond acceptors (Lipinski definition) is 2. The highest BCUT2D eigenvalue weighted by molar-refractivity contribution is 5.84. The molecule has 0 aromatic carbocycles. The molecule has 0 atom stereocenters. The predicted octanol–water partition coefficient (Wildman–Crippen LogP) is 0.415. The van der Waals surface area contributed by atoms with Crippen molar-refractivity contribution in [3.63, 3.8) is 0 Å². The van der Waals surface area contributed by atoms with Gasteiger partial charge in [-0.05, 0) is 13.8 Å². The van der Waals surface area contributed by atoms with E-state index in [1.807, 2.05) is 40.3 Å². The summed E-state index contributed by atoms with van der Waals surface area (Å²) in [7, 11) is 3.63. The van der Waals surface area contributed by atoms with Crippen LogP contribution >= 0.6 is 0 Å². The Morgan fingerprint density at radius 3 is 2.62 bits per heavy atom. The minimum atomic E-state index is -0.287. The van der Waals surface area contributed by atoms with Gasteiger partial charge in [-0.3, -0.25) is 0 Å². The minimum absolute atomic E-state index is 0.0811. The molecule has 0 aliphatic heterocycles. The Labute approximate surface area is 77.7 Å². The lowest BCUT2D eigenvalue weighted by molar-refractivity contribution is -0.673. The molecule has 0 amide bonds. The third-order valence-corrected chi connectivity index (χ3v) is 1.71. The van der Waals surface area contributed by atoms with Crippen molar-refractivity contribution in [1.29, 1.82) is 0 Å². The summed E-state index contributed by atoms with van der Waals surface area (Å²) in [5.74, 6) is 0.263. The molecule has 0 radical (unpaired) electrons. The third kappa shape index (κ3) is 2.08. The molecule has 0 saturated heterocycles. The third-order valence-electron chi connectivity index (χ3n) is 1.71. The molecular formula is C9H15N2O2+. The van der Waals surface area contributed by atoms with E-state index in [1.165, 1.54) is 0 Å². The minimum Gasteiger partial charge on any atom is -0.454 e. The molecule has 1 aromatic heterocycles. The van der Waals surface area contributed by atoms with E-state index in [9.17, 15) is 4.79 Å². The molecule has 0 fully saturated rings. The quantitative estimate of drug-likeness (QED) is 0.492. The van der Waals surface area contributed by atoms with Crippen LogP contribution in [0.4, 0.5) is 0 Å². The monoisotopic (exact) mass is 183 g/mol. The standard InChI is InChI=1S/C9H15N2O2/c1-7(2)13-9(12)8-10(3)5-6-11(8)4/h5-7H,1-4H3/q+1. The van der Waals surface area contributed by atoms with Crippen LogP contribution in [0.15, 0.2) is 12.4 Å². The Bertz CT molecular complexity index is 296. The molecular weight excluding hydrogens is 168 g/mol. The van der Waals surface area contributed by atoms with Crippen molar-refractivity contribution in [2.75, 3.05) is 0 Å². The Morgan fingerprint density at radius 1 is 1.62 bits per heavy atom. The van der Waals surface area contributed by atoms with E-state index in [0.717, 1.165) is 0 Å². The molecule has 0 aliphatic carbocycles. The van der Waals surface area contributed by atoms with Gasteiger partial charge in [-0.25, -0.2) is 13.9 Å². The van der Waals surface area contributed by atoms with Crippen LogP contribution in [-0.2, 0) is 18.8 Å². The zero-order valence-electron chi connectivity index (χ0n) is 8.44. The summed E-state index contributed by atoms with van der Waals surface area (Å²) in [5.41, 5.74) is 0. The van der Waals surface area contributed by atoms with Gasteiger partial charge in [-0.1, -0.05) is 0 Å². The summed E-state index contributed by atoms with van der Waals surface area (Å²) in [6.45, 7) is 3.67. The zero-order chi connectivity index (χ0) is 10.0. The number of esters is 1. The number of rotatable bonds is 2. The van der Waals surface area contributed by atoms with Gasteiger partial charge in [0.2, 0.25) is 0 Å². The average Bonchev–Trinajstić information content (AvgIpc) is 2.29. The van der Waals surface area contributed by atoms with Crippen molar-refractivity contribution in [2.24, 2.45) is 14.1 Å². The van der Waals surface area contributed by atoms with E-state index < -0.39 is 0 Å². The fraction of sp³-hybridized carbons (Fsp3) is 0.556. The van der Waals surface area contributed by atoms with Crippen LogP contribution in [-0.4, -0.2) is 16.6 Å². The van der Waals surface area contributed by atoms with Crippen LogP contribution in [0.1, 0.15) is 24.5 Å². The Morgan fingerprint density at radius 2 is 2.23 bits per heavy atom. The largest absolute Gasteiger partial charge is 0.454 e. The molecule has 0 aliphatic rings. The molecule has 72 valence electrons. The first-order valence-corrected chi connectivity index (χ1v) is 4.24. The highest BCUT2D eigenvalue weighted by atomic mass is 16.5. The number of carbonyl (C=O) groups is 1. The number of hydrogen-bond donors (Lipinski definition) is 0. The Hall–Kier alpha value is -1.32. The van der Waals surface area contributed by atoms with Gasteiger partial charge in [0.15, 0.2) is 0 Å². The van der Waals surface area contributed by atoms with Crippen molar-refractivity contribution in [3.05, 3.63) is 18.2 Å². The first-order valence-electron chi connectivity index (χ1n) is 4.24. The molecule has 4 nitrogen and oxygen atoms in total. The fourth-order valence-corrected chi connectivity index (χ4v) is 1.14. The summed E-state index contributed by atoms with van der Waals surface area (Å²) in [4.78, 5) is 11.5. The summed E-state index contributed by atoms with van der Waals surface area (Å²) < 4.78 is 8.56. The van der Waals surface area contributed by atoms with Crippen LogP contribution in [0.25, 0.3) is 0 Å². The molecule has 0 N–H and O–H groups in total. The lowest BCUT2D eigenvalue weighted by Gasteiger charge is -2.05. The van der Waals surface area contributed by atoms with Gasteiger partial charge in [0.1, 0.15) is 12.4 Å². The Balaban J connectivity index is 2.88. The van der Waals surface area contributed by atoms with Gasteiger partial charge >= 0.3 is 11.8 Å². The smallest absolute Gasteiger partial charge is 0.422 e. The fourth-order valence-electron chi connectivity index (χ4n) is 1.14. The average molecular weight is 183 g/mol. The number of aryl methyl sites for hydroxylation is 2. The number of nitrogens with zero attached hydrogens (tertiary/aromatic N) is 2. The molecule has 0 spiro atoms. The number of ether oxygens (including phenoxy) is 1. The number of carbonyl (C=O) groups excluding carboxylic acids is 1. The van der Waals surface area contributed by atoms with E-state index in [0.29, 0.717) is 5.82 Å². The second kappa shape index (κ2) is 3.60. The van der Waals surface area contributed by atoms with Crippen LogP contribution in [0.3, 0.4) is 0 Å². The van der Waals surface area contributed by atoms with Gasteiger partial charge in [-0.15, -0.1) is 0 Å². The van der Waals surface area contributed by atoms with Gasteiger partial charge in [0, 0.05) is 0 Å². The second-order valence-electron chi connectivity index (χ2n) is 3.30. The normalized spacial score (nSPS) is 10.5. The Kier molecular flexibility index (Phi) is 2.70. The van der Waals surface area contributed by atoms with Crippen LogP contribution in [0.2, 0.25) is 0 Å². The zero-order valence-corrected chi connectivity index (χ0v) is 8.44. The lowest BCUT2D eigenvalue weighted by atomic mass is 10.5. The van der Waals surface area contributed by atoms with Crippen molar-refractivity contribution >= 4 is 5.97 Å². The van der Waals surface area contributed by atoms with Crippen molar-refractivity contribution in [2.45, 2.75) is 20.0 Å². The van der Waals surface area contributed by atoms with Crippen LogP contribution < -0.4 is 4.57 Å². The van der Waals surface area contributed by atoms with Crippen molar-refractivity contribution < 1.29 is 14.1 Å². The first-order chi connectivity index (χ1) is 6.02. The SMILES string of the molecule is CC(C)OC(=O)c1n(C)cc[n+]1C. The van der Waals surface area contributed by atoms with E-state index in [-0.39, 0.29) is 12.1 Å². The molecule has 13 heavy (non-hydrogen) atoms. The van der Waals surface area contributed by atoms with E-state index in [1.54, 1.807) is 9.13 Å². The van der Waals surface area contributed by atoms with E-state index >= 15 is 0 Å². The number of aromatic nitrogens is 2. The maximum atomic E-state index is 11.5. The van der Waals surface area contributed by atoms with Crippen LogP contribution in [0.5, 0.6) is 0 Å².